The fourth-order valence-corrected chi connectivity index (χ4v) is 0.958. The molecule has 0 atom stereocenters. The van der Waals surface area contributed by atoms with Crippen molar-refractivity contribution in [2.75, 3.05) is 19.8 Å². The lowest BCUT2D eigenvalue weighted by molar-refractivity contribution is -0.173. The molecule has 3 nitrogen and oxygen atoms in total. The van der Waals surface area contributed by atoms with Gasteiger partial charge in [0.2, 0.25) is 0 Å². The van der Waals surface area contributed by atoms with E-state index in [1.54, 1.807) is 12.3 Å². The summed E-state index contributed by atoms with van der Waals surface area (Å²) >= 11 is 0. The third-order valence-electron chi connectivity index (χ3n) is 1.60. The van der Waals surface area contributed by atoms with Gasteiger partial charge < -0.3 is 14.5 Å². The lowest BCUT2D eigenvalue weighted by Gasteiger charge is -2.07. The van der Waals surface area contributed by atoms with Crippen molar-refractivity contribution in [1.82, 2.24) is 5.32 Å². The molecule has 0 saturated heterocycles. The van der Waals surface area contributed by atoms with E-state index < -0.39 is 12.8 Å². The van der Waals surface area contributed by atoms with Gasteiger partial charge in [-0.25, -0.2) is 0 Å². The molecule has 0 saturated carbocycles. The summed E-state index contributed by atoms with van der Waals surface area (Å²) in [7, 11) is 0. The number of alkyl halides is 3. The van der Waals surface area contributed by atoms with E-state index in [9.17, 15) is 13.2 Å². The minimum absolute atomic E-state index is 0.0390. The second kappa shape index (κ2) is 5.77. The first-order valence-corrected chi connectivity index (χ1v) is 4.44. The van der Waals surface area contributed by atoms with Crippen LogP contribution in [0.5, 0.6) is 0 Å². The Kier molecular flexibility index (Phi) is 4.64. The first-order chi connectivity index (χ1) is 7.08. The Balaban J connectivity index is 1.94. The van der Waals surface area contributed by atoms with Crippen LogP contribution in [0, 0.1) is 0 Å². The lowest BCUT2D eigenvalue weighted by Crippen LogP contribution is -2.23. The van der Waals surface area contributed by atoms with E-state index in [0.717, 1.165) is 5.56 Å². The van der Waals surface area contributed by atoms with E-state index in [4.69, 9.17) is 4.42 Å². The van der Waals surface area contributed by atoms with Gasteiger partial charge in [0.25, 0.3) is 0 Å². The van der Waals surface area contributed by atoms with Crippen LogP contribution < -0.4 is 5.32 Å². The maximum atomic E-state index is 11.6. The van der Waals surface area contributed by atoms with E-state index in [-0.39, 0.29) is 6.61 Å². The van der Waals surface area contributed by atoms with Crippen molar-refractivity contribution in [2.45, 2.75) is 12.7 Å². The largest absolute Gasteiger partial charge is 0.472 e. The highest BCUT2D eigenvalue weighted by Gasteiger charge is 2.27. The number of hydrogen-bond acceptors (Lipinski definition) is 3. The SMILES string of the molecule is FC(F)(F)COCCNCc1ccoc1. The Morgan fingerprint density at radius 3 is 2.80 bits per heavy atom. The fraction of sp³-hybridized carbons (Fsp3) is 0.556. The first kappa shape index (κ1) is 12.1. The zero-order valence-electron chi connectivity index (χ0n) is 8.01. The number of ether oxygens (including phenoxy) is 1. The van der Waals surface area contributed by atoms with Gasteiger partial charge in [0.1, 0.15) is 6.61 Å². The van der Waals surface area contributed by atoms with Crippen LogP contribution in [-0.4, -0.2) is 25.9 Å². The van der Waals surface area contributed by atoms with Crippen LogP contribution in [0.2, 0.25) is 0 Å². The van der Waals surface area contributed by atoms with E-state index in [1.807, 2.05) is 0 Å². The summed E-state index contributed by atoms with van der Waals surface area (Å²) in [5.74, 6) is 0. The molecule has 0 unspecified atom stereocenters. The molecule has 0 aromatic carbocycles. The van der Waals surface area contributed by atoms with Gasteiger partial charge >= 0.3 is 6.18 Å². The molecule has 1 aromatic rings. The third kappa shape index (κ3) is 6.14. The normalized spacial score (nSPS) is 11.9. The molecule has 6 heteroatoms. The van der Waals surface area contributed by atoms with Gasteiger partial charge in [-0.15, -0.1) is 0 Å². The molecule has 1 rings (SSSR count). The summed E-state index contributed by atoms with van der Waals surface area (Å²) in [6, 6.07) is 1.78. The Hall–Kier alpha value is -1.01. The minimum Gasteiger partial charge on any atom is -0.472 e. The highest BCUT2D eigenvalue weighted by Crippen LogP contribution is 2.13. The predicted octanol–water partition coefficient (Wildman–Crippen LogP) is 1.95. The van der Waals surface area contributed by atoms with E-state index >= 15 is 0 Å². The molecule has 0 radical (unpaired) electrons. The average Bonchev–Trinajstić information content (AvgIpc) is 2.61. The van der Waals surface area contributed by atoms with Crippen LogP contribution in [0.3, 0.4) is 0 Å². The fourth-order valence-electron chi connectivity index (χ4n) is 0.958. The number of rotatable bonds is 6. The summed E-state index contributed by atoms with van der Waals surface area (Å²) in [5, 5.41) is 2.92. The molecule has 86 valence electrons. The predicted molar refractivity (Wildman–Crippen MR) is 47.3 cm³/mol. The van der Waals surface area contributed by atoms with Crippen LogP contribution >= 0.6 is 0 Å². The van der Waals surface area contributed by atoms with Crippen molar-refractivity contribution in [3.05, 3.63) is 24.2 Å². The van der Waals surface area contributed by atoms with Crippen molar-refractivity contribution < 1.29 is 22.3 Å². The molecule has 15 heavy (non-hydrogen) atoms. The van der Waals surface area contributed by atoms with Gasteiger partial charge in [0.05, 0.1) is 19.1 Å². The standard InChI is InChI=1S/C9H12F3NO2/c10-9(11,12)7-15-4-2-13-5-8-1-3-14-6-8/h1,3,6,13H,2,4-5,7H2. The Labute approximate surface area is 85.2 Å². The summed E-state index contributed by atoms with van der Waals surface area (Å²) in [6.45, 7) is -0.217. The zero-order chi connectivity index (χ0) is 11.1. The lowest BCUT2D eigenvalue weighted by atomic mass is 10.3. The minimum atomic E-state index is -4.25. The van der Waals surface area contributed by atoms with Crippen LogP contribution in [0.25, 0.3) is 0 Å². The molecule has 0 spiro atoms. The Bertz CT molecular complexity index is 259. The molecule has 0 amide bonds. The van der Waals surface area contributed by atoms with Gasteiger partial charge in [0.15, 0.2) is 0 Å². The highest BCUT2D eigenvalue weighted by molar-refractivity contribution is 5.04. The number of halogens is 3. The van der Waals surface area contributed by atoms with E-state index in [0.29, 0.717) is 13.1 Å². The van der Waals surface area contributed by atoms with Gasteiger partial charge in [-0.1, -0.05) is 0 Å². The molecule has 1 heterocycles. The van der Waals surface area contributed by atoms with Crippen molar-refractivity contribution >= 4 is 0 Å². The average molecular weight is 223 g/mol. The number of hydrogen-bond donors (Lipinski definition) is 1. The molecule has 0 aliphatic rings. The number of nitrogens with one attached hydrogen (secondary N) is 1. The molecule has 1 aromatic heterocycles. The quantitative estimate of drug-likeness (QED) is 0.748. The van der Waals surface area contributed by atoms with Gasteiger partial charge in [-0.3, -0.25) is 0 Å². The summed E-state index contributed by atoms with van der Waals surface area (Å²) in [4.78, 5) is 0. The Morgan fingerprint density at radius 1 is 1.40 bits per heavy atom. The summed E-state index contributed by atoms with van der Waals surface area (Å²) < 4.78 is 44.1. The molecule has 0 aliphatic carbocycles. The van der Waals surface area contributed by atoms with Gasteiger partial charge in [-0.05, 0) is 6.07 Å². The maximum absolute atomic E-state index is 11.6. The highest BCUT2D eigenvalue weighted by atomic mass is 19.4. The third-order valence-corrected chi connectivity index (χ3v) is 1.60. The van der Waals surface area contributed by atoms with Crippen molar-refractivity contribution in [3.8, 4) is 0 Å². The molecular weight excluding hydrogens is 211 g/mol. The summed E-state index contributed by atoms with van der Waals surface area (Å²) in [5.41, 5.74) is 0.950. The molecular formula is C9H12F3NO2. The monoisotopic (exact) mass is 223 g/mol. The molecule has 0 aliphatic heterocycles. The van der Waals surface area contributed by atoms with Crippen molar-refractivity contribution in [3.63, 3.8) is 0 Å². The van der Waals surface area contributed by atoms with Crippen LogP contribution in [0.15, 0.2) is 23.0 Å². The van der Waals surface area contributed by atoms with E-state index in [2.05, 4.69) is 10.1 Å². The summed E-state index contributed by atoms with van der Waals surface area (Å²) in [6.07, 6.45) is -1.13. The number of furan rings is 1. The zero-order valence-corrected chi connectivity index (χ0v) is 8.01. The second-order valence-electron chi connectivity index (χ2n) is 2.98. The molecule has 0 bridgehead atoms. The smallest absolute Gasteiger partial charge is 0.411 e. The molecule has 1 N–H and O–H groups in total. The van der Waals surface area contributed by atoms with Gasteiger partial charge in [0, 0.05) is 18.7 Å². The maximum Gasteiger partial charge on any atom is 0.411 e. The van der Waals surface area contributed by atoms with Crippen LogP contribution in [-0.2, 0) is 11.3 Å². The van der Waals surface area contributed by atoms with Crippen molar-refractivity contribution in [1.29, 1.82) is 0 Å². The van der Waals surface area contributed by atoms with Crippen LogP contribution in [0.4, 0.5) is 13.2 Å². The second-order valence-corrected chi connectivity index (χ2v) is 2.98. The Morgan fingerprint density at radius 2 is 2.20 bits per heavy atom. The van der Waals surface area contributed by atoms with Crippen molar-refractivity contribution in [2.24, 2.45) is 0 Å². The van der Waals surface area contributed by atoms with Crippen LogP contribution in [0.1, 0.15) is 5.56 Å². The molecule has 0 fully saturated rings. The topological polar surface area (TPSA) is 34.4 Å². The van der Waals surface area contributed by atoms with E-state index in [1.165, 1.54) is 6.26 Å². The van der Waals surface area contributed by atoms with Gasteiger partial charge in [-0.2, -0.15) is 13.2 Å². The first-order valence-electron chi connectivity index (χ1n) is 4.44.